The summed E-state index contributed by atoms with van der Waals surface area (Å²) in [4.78, 5) is 15.2. The maximum absolute atomic E-state index is 13.4. The highest BCUT2D eigenvalue weighted by Crippen LogP contribution is 2.25. The molecule has 1 aromatic heterocycles. The van der Waals surface area contributed by atoms with Gasteiger partial charge < -0.3 is 5.11 Å². The third-order valence-electron chi connectivity index (χ3n) is 3.14. The molecule has 0 bridgehead atoms. The molecule has 0 fully saturated rings. The molecular weight excluding hydrogens is 257 g/mol. The maximum Gasteiger partial charge on any atom is 0.338 e. The maximum atomic E-state index is 13.4. The molecule has 3 aromatic rings. The van der Waals surface area contributed by atoms with Gasteiger partial charge in [-0.1, -0.05) is 24.3 Å². The highest BCUT2D eigenvalue weighted by atomic mass is 19.1. The van der Waals surface area contributed by atoms with Gasteiger partial charge >= 0.3 is 5.97 Å². The van der Waals surface area contributed by atoms with E-state index in [9.17, 15) is 9.18 Å². The second-order valence-electron chi connectivity index (χ2n) is 4.41. The quantitative estimate of drug-likeness (QED) is 0.769. The predicted molar refractivity (Wildman–Crippen MR) is 74.1 cm³/mol. The molecule has 1 heterocycles. The molecule has 0 aliphatic carbocycles. The molecule has 0 amide bonds. The van der Waals surface area contributed by atoms with Crippen molar-refractivity contribution in [1.82, 2.24) is 4.98 Å². The number of fused-ring (bicyclic) bond motifs is 1. The summed E-state index contributed by atoms with van der Waals surface area (Å²) < 4.78 is 13.4. The van der Waals surface area contributed by atoms with E-state index in [-0.39, 0.29) is 5.56 Å². The van der Waals surface area contributed by atoms with Gasteiger partial charge in [-0.25, -0.2) is 9.18 Å². The normalized spacial score (nSPS) is 10.7. The fraction of sp³-hybridized carbons (Fsp3) is 0. The van der Waals surface area contributed by atoms with E-state index in [1.54, 1.807) is 12.3 Å². The van der Waals surface area contributed by atoms with E-state index in [1.807, 2.05) is 30.3 Å². The molecule has 0 unspecified atom stereocenters. The number of aromatic carboxylic acids is 1. The van der Waals surface area contributed by atoms with Crippen molar-refractivity contribution in [2.24, 2.45) is 0 Å². The van der Waals surface area contributed by atoms with Gasteiger partial charge in [0.05, 0.1) is 11.1 Å². The van der Waals surface area contributed by atoms with Crippen molar-refractivity contribution in [3.05, 3.63) is 66.1 Å². The van der Waals surface area contributed by atoms with Gasteiger partial charge in [0.1, 0.15) is 5.82 Å². The summed E-state index contributed by atoms with van der Waals surface area (Å²) in [5.74, 6) is -2.01. The summed E-state index contributed by atoms with van der Waals surface area (Å²) in [6.07, 6.45) is 1.69. The Morgan fingerprint density at radius 1 is 1.05 bits per heavy atom. The first-order valence-electron chi connectivity index (χ1n) is 6.03. The number of carboxylic acids is 1. The third kappa shape index (κ3) is 2.12. The van der Waals surface area contributed by atoms with Crippen LogP contribution in [0, 0.1) is 5.82 Å². The van der Waals surface area contributed by atoms with Gasteiger partial charge in [-0.3, -0.25) is 4.98 Å². The van der Waals surface area contributed by atoms with Crippen molar-refractivity contribution in [2.45, 2.75) is 0 Å². The Kier molecular flexibility index (Phi) is 2.91. The minimum atomic E-state index is -1.27. The Hall–Kier alpha value is -2.75. The number of hydrogen-bond acceptors (Lipinski definition) is 2. The van der Waals surface area contributed by atoms with Gasteiger partial charge in [-0.05, 0) is 35.4 Å². The van der Waals surface area contributed by atoms with E-state index < -0.39 is 11.8 Å². The van der Waals surface area contributed by atoms with Crippen LogP contribution in [-0.2, 0) is 0 Å². The Bertz CT molecular complexity index is 814. The summed E-state index contributed by atoms with van der Waals surface area (Å²) in [7, 11) is 0. The number of benzene rings is 2. The highest BCUT2D eigenvalue weighted by Gasteiger charge is 2.11. The van der Waals surface area contributed by atoms with Gasteiger partial charge in [0.2, 0.25) is 0 Å². The number of nitrogens with zero attached hydrogens (tertiary/aromatic N) is 1. The highest BCUT2D eigenvalue weighted by molar-refractivity contribution is 5.90. The van der Waals surface area contributed by atoms with Crippen LogP contribution in [0.2, 0.25) is 0 Å². The molecule has 4 heteroatoms. The first-order valence-corrected chi connectivity index (χ1v) is 6.03. The Labute approximate surface area is 114 Å². The molecular formula is C16H10FNO2. The Balaban J connectivity index is 2.15. The summed E-state index contributed by atoms with van der Waals surface area (Å²) >= 11 is 0. The molecule has 20 heavy (non-hydrogen) atoms. The first kappa shape index (κ1) is 12.3. The van der Waals surface area contributed by atoms with Crippen LogP contribution in [-0.4, -0.2) is 16.1 Å². The Morgan fingerprint density at radius 2 is 1.80 bits per heavy atom. The van der Waals surface area contributed by atoms with Crippen molar-refractivity contribution >= 4 is 16.9 Å². The van der Waals surface area contributed by atoms with E-state index in [0.29, 0.717) is 5.56 Å². The van der Waals surface area contributed by atoms with Crippen LogP contribution in [0.3, 0.4) is 0 Å². The van der Waals surface area contributed by atoms with Gasteiger partial charge in [0.15, 0.2) is 0 Å². The summed E-state index contributed by atoms with van der Waals surface area (Å²) in [5.41, 5.74) is 1.94. The van der Waals surface area contributed by atoms with E-state index in [4.69, 9.17) is 5.11 Å². The SMILES string of the molecule is O=C(O)c1cc(-c2ccc3cccnc3c2)ccc1F. The molecule has 0 aliphatic rings. The number of rotatable bonds is 2. The molecule has 0 spiro atoms. The molecule has 0 saturated carbocycles. The zero-order valence-electron chi connectivity index (χ0n) is 10.4. The van der Waals surface area contributed by atoms with Crippen molar-refractivity contribution in [3.63, 3.8) is 0 Å². The van der Waals surface area contributed by atoms with Crippen molar-refractivity contribution in [2.75, 3.05) is 0 Å². The molecule has 3 nitrogen and oxygen atoms in total. The summed E-state index contributed by atoms with van der Waals surface area (Å²) in [5, 5.41) is 9.95. The van der Waals surface area contributed by atoms with Gasteiger partial charge in [-0.15, -0.1) is 0 Å². The van der Waals surface area contributed by atoms with Crippen LogP contribution in [0.1, 0.15) is 10.4 Å². The van der Waals surface area contributed by atoms with Crippen molar-refractivity contribution in [1.29, 1.82) is 0 Å². The number of hydrogen-bond donors (Lipinski definition) is 1. The molecule has 1 N–H and O–H groups in total. The van der Waals surface area contributed by atoms with Gasteiger partial charge in [-0.2, -0.15) is 0 Å². The van der Waals surface area contributed by atoms with Crippen LogP contribution >= 0.6 is 0 Å². The van der Waals surface area contributed by atoms with Crippen LogP contribution in [0.15, 0.2) is 54.7 Å². The zero-order chi connectivity index (χ0) is 14.1. The van der Waals surface area contributed by atoms with E-state index in [1.165, 1.54) is 12.1 Å². The minimum absolute atomic E-state index is 0.330. The number of aromatic nitrogens is 1. The molecule has 2 aromatic carbocycles. The lowest BCUT2D eigenvalue weighted by Gasteiger charge is -2.05. The largest absolute Gasteiger partial charge is 0.478 e. The van der Waals surface area contributed by atoms with Crippen LogP contribution < -0.4 is 0 Å². The number of carboxylic acid groups (broad SMARTS) is 1. The standard InChI is InChI=1S/C16H10FNO2/c17-14-6-5-11(8-13(14)16(19)20)12-4-3-10-2-1-7-18-15(10)9-12/h1-9H,(H,19,20). The monoisotopic (exact) mass is 267 g/mol. The molecule has 0 atom stereocenters. The third-order valence-corrected chi connectivity index (χ3v) is 3.14. The average Bonchev–Trinajstić information content (AvgIpc) is 2.47. The fourth-order valence-electron chi connectivity index (χ4n) is 2.11. The summed E-state index contributed by atoms with van der Waals surface area (Å²) in [6.45, 7) is 0. The van der Waals surface area contributed by atoms with E-state index >= 15 is 0 Å². The molecule has 0 saturated heterocycles. The number of halogens is 1. The predicted octanol–water partition coefficient (Wildman–Crippen LogP) is 3.74. The minimum Gasteiger partial charge on any atom is -0.478 e. The second-order valence-corrected chi connectivity index (χ2v) is 4.41. The summed E-state index contributed by atoms with van der Waals surface area (Å²) in [6, 6.07) is 13.5. The molecule has 0 radical (unpaired) electrons. The average molecular weight is 267 g/mol. The first-order chi connectivity index (χ1) is 9.65. The lowest BCUT2D eigenvalue weighted by molar-refractivity contribution is 0.0692. The smallest absolute Gasteiger partial charge is 0.338 e. The fourth-order valence-corrected chi connectivity index (χ4v) is 2.11. The molecule has 3 rings (SSSR count). The van der Waals surface area contributed by atoms with Crippen molar-refractivity contribution in [3.8, 4) is 11.1 Å². The van der Waals surface area contributed by atoms with Crippen LogP contribution in [0.4, 0.5) is 4.39 Å². The van der Waals surface area contributed by atoms with Gasteiger partial charge in [0.25, 0.3) is 0 Å². The lowest BCUT2D eigenvalue weighted by atomic mass is 10.0. The lowest BCUT2D eigenvalue weighted by Crippen LogP contribution is -2.00. The number of carbonyl (C=O) groups is 1. The van der Waals surface area contributed by atoms with E-state index in [2.05, 4.69) is 4.98 Å². The van der Waals surface area contributed by atoms with E-state index in [0.717, 1.165) is 16.5 Å². The second kappa shape index (κ2) is 4.74. The van der Waals surface area contributed by atoms with Crippen LogP contribution in [0.5, 0.6) is 0 Å². The zero-order valence-corrected chi connectivity index (χ0v) is 10.4. The topological polar surface area (TPSA) is 50.2 Å². The van der Waals surface area contributed by atoms with Crippen molar-refractivity contribution < 1.29 is 14.3 Å². The molecule has 0 aliphatic heterocycles. The molecule has 98 valence electrons. The van der Waals surface area contributed by atoms with Gasteiger partial charge in [0, 0.05) is 11.6 Å². The number of pyridine rings is 1. The Morgan fingerprint density at radius 3 is 2.60 bits per heavy atom. The van der Waals surface area contributed by atoms with Crippen LogP contribution in [0.25, 0.3) is 22.0 Å².